The third-order valence-electron chi connectivity index (χ3n) is 19.6. The summed E-state index contributed by atoms with van der Waals surface area (Å²) in [5.41, 5.74) is 6.02. The van der Waals surface area contributed by atoms with Crippen LogP contribution in [0.3, 0.4) is 0 Å². The van der Waals surface area contributed by atoms with Gasteiger partial charge in [-0.1, -0.05) is 136 Å². The molecular formula is C103H105FN10O17. The van der Waals surface area contributed by atoms with Gasteiger partial charge in [0.05, 0.1) is 106 Å². The van der Waals surface area contributed by atoms with Crippen molar-refractivity contribution in [2.24, 2.45) is 0 Å². The van der Waals surface area contributed by atoms with Crippen LogP contribution >= 0.6 is 0 Å². The van der Waals surface area contributed by atoms with Crippen molar-refractivity contribution in [1.29, 1.82) is 0 Å². The first-order valence-electron chi connectivity index (χ1n) is 42.6. The van der Waals surface area contributed by atoms with Gasteiger partial charge < -0.3 is 79.7 Å². The Morgan fingerprint density at radius 3 is 0.756 bits per heavy atom. The molecule has 0 radical (unpaired) electrons. The second kappa shape index (κ2) is 52.9. The molecule has 15 aromatic rings. The molecule has 0 amide bonds. The van der Waals surface area contributed by atoms with Crippen LogP contribution in [0.25, 0.3) is 0 Å². The molecule has 0 saturated heterocycles. The van der Waals surface area contributed by atoms with E-state index < -0.39 is 42.5 Å². The van der Waals surface area contributed by atoms with E-state index >= 15 is 0 Å². The molecule has 0 aliphatic rings. The van der Waals surface area contributed by atoms with Gasteiger partial charge in [0.1, 0.15) is 79.1 Å². The number of rotatable bonds is 40. The summed E-state index contributed by atoms with van der Waals surface area (Å²) in [6, 6.07) is 79.5. The number of halogens is 1. The number of methoxy groups -OCH3 is 2. The molecule has 28 heteroatoms. The number of imidazole rings is 5. The molecule has 1 unspecified atom stereocenters. The van der Waals surface area contributed by atoms with Gasteiger partial charge in [0, 0.05) is 62.0 Å². The molecule has 5 aromatic heterocycles. The van der Waals surface area contributed by atoms with Gasteiger partial charge in [0.15, 0.2) is 30.5 Å². The van der Waals surface area contributed by atoms with Gasteiger partial charge >= 0.3 is 29.8 Å². The zero-order valence-corrected chi connectivity index (χ0v) is 73.4. The summed E-state index contributed by atoms with van der Waals surface area (Å²) in [7, 11) is 3.17. The topological polar surface area (TPSA) is 285 Å². The van der Waals surface area contributed by atoms with E-state index in [1.54, 1.807) is 156 Å². The summed E-state index contributed by atoms with van der Waals surface area (Å²) in [4.78, 5) is 82.4. The number of aromatic nitrogens is 10. The average Bonchev–Trinajstić information content (AvgIpc) is 1.47. The molecule has 0 aliphatic carbocycles. The van der Waals surface area contributed by atoms with Crippen LogP contribution in [0.4, 0.5) is 4.39 Å². The number of para-hydroxylation sites is 3. The summed E-state index contributed by atoms with van der Waals surface area (Å²) in [6.07, 6.45) is 26.3. The minimum atomic E-state index is -0.525. The van der Waals surface area contributed by atoms with E-state index in [9.17, 15) is 28.4 Å². The fourth-order valence-electron chi connectivity index (χ4n) is 12.5. The predicted octanol–water partition coefficient (Wildman–Crippen LogP) is 17.8. The number of ether oxygens (including phenoxy) is 12. The fourth-order valence-corrected chi connectivity index (χ4v) is 12.5. The SMILES string of the molecule is CCc1ccc(C(=O)O[C@@H](COc2ccc(F)cc2)Cn2ccnc2)cc1.CCc1ccc(C(=O)O[C@@H](COc2ccc(OC)cc2)Cn2ccnc2)cc1.CCc1ccc(C(=O)O[C@@H](COc2ccccc2)Cn2ccnc2)cc1.COc1cccc(C(=O)O[C@@H](COc2ccccc2)Cn2ccnc2)c1.O=C(OC(COc1ccccc1)Cn1ccnc1)c1ccccc1. The molecule has 0 saturated carbocycles. The summed E-state index contributed by atoms with van der Waals surface area (Å²) >= 11 is 0. The minimum Gasteiger partial charge on any atom is -0.497 e. The van der Waals surface area contributed by atoms with Gasteiger partial charge in [-0.25, -0.2) is 53.3 Å². The monoisotopic (exact) mass is 1770 g/mol. The Kier molecular flexibility index (Phi) is 38.7. The number of aryl methyl sites for hydroxylation is 3. The maximum Gasteiger partial charge on any atom is 0.338 e. The number of carbonyl (C=O) groups is 5. The molecule has 0 bridgehead atoms. The maximum atomic E-state index is 13.0. The normalized spacial score (nSPS) is 11.7. The van der Waals surface area contributed by atoms with E-state index in [1.165, 1.54) is 35.4 Å². The summed E-state index contributed by atoms with van der Waals surface area (Å²) in [5, 5.41) is 0. The largest absolute Gasteiger partial charge is 0.497 e. The summed E-state index contributed by atoms with van der Waals surface area (Å²) < 4.78 is 89.7. The van der Waals surface area contributed by atoms with E-state index in [-0.39, 0.29) is 56.8 Å². The van der Waals surface area contributed by atoms with E-state index in [2.05, 4.69) is 45.7 Å². The number of carbonyl (C=O) groups excluding carboxylic acids is 5. The number of benzene rings is 10. The standard InChI is InChI=1S/C22H24N2O4.C21H21FN2O3.C21H22N2O3.C20H20N2O4.C19H18N2O3/c1-3-17-4-6-18(7-5-17)22(25)28-21(14-24-13-12-23-16-24)15-27-20-10-8-19(26-2)9-11-20;1-2-16-3-5-17(6-4-16)21(25)27-20(13-24-12-11-23-15-24)14-26-19-9-7-18(22)8-10-19;1-2-17-8-10-18(11-9-17)21(24)26-20(14-23-13-12-22-16-23)15-25-19-6-4-3-5-7-19;1-24-18-9-5-6-16(12-18)20(23)26-19(13-22-11-10-21-15-22)14-25-17-7-3-2-4-8-17;22-19(16-7-3-1-4-8-16)24-18(13-21-12-11-20-15-21)14-23-17-9-5-2-6-10-17/h4-13,16,21H,3,14-15H2,1-2H3;3-12,15,20H,2,13-14H2,1H3;3-13,16,20H,2,14-15H2,1H3;2-12,15,19H,13-14H2,1H3;1-12,15,18H,13-14H2/t21-;2*20-;19-;/m1111./s1. The van der Waals surface area contributed by atoms with Crippen LogP contribution in [-0.2, 0) is 75.7 Å². The summed E-state index contributed by atoms with van der Waals surface area (Å²) in [5.74, 6) is 2.50. The van der Waals surface area contributed by atoms with Crippen molar-refractivity contribution in [1.82, 2.24) is 47.8 Å². The highest BCUT2D eigenvalue weighted by molar-refractivity contribution is 5.92. The van der Waals surface area contributed by atoms with Gasteiger partial charge in [-0.3, -0.25) is 0 Å². The van der Waals surface area contributed by atoms with E-state index in [0.717, 1.165) is 47.8 Å². The number of hydrogen-bond acceptors (Lipinski definition) is 22. The quantitative estimate of drug-likeness (QED) is 0.0255. The molecule has 27 nitrogen and oxygen atoms in total. The number of nitrogens with zero attached hydrogens (tertiary/aromatic N) is 10. The van der Waals surface area contributed by atoms with E-state index in [0.29, 0.717) is 77.8 Å². The lowest BCUT2D eigenvalue weighted by molar-refractivity contribution is 0.0118. The smallest absolute Gasteiger partial charge is 0.338 e. The molecule has 0 N–H and O–H groups in total. The molecule has 0 fully saturated rings. The lowest BCUT2D eigenvalue weighted by atomic mass is 10.1. The predicted molar refractivity (Wildman–Crippen MR) is 490 cm³/mol. The Hall–Kier alpha value is -15.9. The highest BCUT2D eigenvalue weighted by Gasteiger charge is 2.24. The number of hydrogen-bond donors (Lipinski definition) is 0. The Balaban J connectivity index is 0.000000158. The fraction of sp³-hybridized carbons (Fsp3) is 0.223. The highest BCUT2D eigenvalue weighted by atomic mass is 19.1. The minimum absolute atomic E-state index is 0.141. The Morgan fingerprint density at radius 1 is 0.267 bits per heavy atom. The average molecular weight is 1770 g/mol. The third kappa shape index (κ3) is 33.8. The van der Waals surface area contributed by atoms with Crippen LogP contribution in [0, 0.1) is 5.82 Å². The van der Waals surface area contributed by atoms with Gasteiger partial charge in [0.2, 0.25) is 0 Å². The lowest BCUT2D eigenvalue weighted by Gasteiger charge is -2.19. The second-order valence-corrected chi connectivity index (χ2v) is 29.3. The zero-order chi connectivity index (χ0) is 91.8. The van der Waals surface area contributed by atoms with Crippen molar-refractivity contribution in [3.05, 3.63) is 411 Å². The van der Waals surface area contributed by atoms with Crippen molar-refractivity contribution in [2.45, 2.75) is 103 Å². The third-order valence-corrected chi connectivity index (χ3v) is 19.6. The lowest BCUT2D eigenvalue weighted by Crippen LogP contribution is -2.29. The van der Waals surface area contributed by atoms with Crippen molar-refractivity contribution in [3.63, 3.8) is 0 Å². The molecule has 0 spiro atoms. The number of esters is 5. The first kappa shape index (κ1) is 95.8. The van der Waals surface area contributed by atoms with Gasteiger partial charge in [0.25, 0.3) is 0 Å². The molecule has 5 heterocycles. The van der Waals surface area contributed by atoms with Crippen molar-refractivity contribution >= 4 is 29.8 Å². The van der Waals surface area contributed by atoms with Crippen molar-refractivity contribution in [2.75, 3.05) is 47.3 Å². The van der Waals surface area contributed by atoms with Crippen molar-refractivity contribution < 1.29 is 85.2 Å². The Bertz CT molecular complexity index is 5720. The first-order valence-corrected chi connectivity index (χ1v) is 42.6. The zero-order valence-electron chi connectivity index (χ0n) is 73.4. The molecule has 0 aliphatic heterocycles. The second-order valence-electron chi connectivity index (χ2n) is 29.3. The van der Waals surface area contributed by atoms with E-state index in [1.807, 2.05) is 217 Å². The van der Waals surface area contributed by atoms with Gasteiger partial charge in [-0.2, -0.15) is 0 Å². The van der Waals surface area contributed by atoms with Crippen LogP contribution in [0.1, 0.15) is 89.3 Å². The van der Waals surface area contributed by atoms with Crippen molar-refractivity contribution in [3.8, 4) is 40.2 Å². The highest BCUT2D eigenvalue weighted by Crippen LogP contribution is 2.23. The maximum absolute atomic E-state index is 13.0. The molecule has 15 rings (SSSR count). The molecule has 131 heavy (non-hydrogen) atoms. The van der Waals surface area contributed by atoms with Gasteiger partial charge in [-0.05, 0) is 188 Å². The van der Waals surface area contributed by atoms with E-state index in [4.69, 9.17) is 56.8 Å². The molecular weight excluding hydrogens is 1670 g/mol. The summed E-state index contributed by atoms with van der Waals surface area (Å²) in [6.45, 7) is 9.60. The molecule has 5 atom stereocenters. The van der Waals surface area contributed by atoms with Crippen LogP contribution < -0.4 is 33.2 Å². The molecule has 10 aromatic carbocycles. The van der Waals surface area contributed by atoms with Crippen LogP contribution in [0.5, 0.6) is 40.2 Å². The van der Waals surface area contributed by atoms with Crippen LogP contribution in [0.2, 0.25) is 0 Å². The Morgan fingerprint density at radius 2 is 0.496 bits per heavy atom. The van der Waals surface area contributed by atoms with Crippen LogP contribution in [0.15, 0.2) is 361 Å². The first-order chi connectivity index (χ1) is 64.1. The Labute approximate surface area is 760 Å². The molecule has 676 valence electrons. The van der Waals surface area contributed by atoms with Crippen LogP contribution in [-0.4, -0.2) is 155 Å². The van der Waals surface area contributed by atoms with Gasteiger partial charge in [-0.15, -0.1) is 0 Å².